The number of aryl methyl sites for hydroxylation is 1. The second kappa shape index (κ2) is 5.88. The summed E-state index contributed by atoms with van der Waals surface area (Å²) >= 11 is 1.26. The fourth-order valence-corrected chi connectivity index (χ4v) is 3.22. The van der Waals surface area contributed by atoms with Gasteiger partial charge in [-0.2, -0.15) is 0 Å². The van der Waals surface area contributed by atoms with Gasteiger partial charge in [-0.25, -0.2) is 9.78 Å². The molecule has 0 amide bonds. The Balaban J connectivity index is 2.21. The number of carboxylic acids is 1. The lowest BCUT2D eigenvalue weighted by Crippen LogP contribution is -2.37. The van der Waals surface area contributed by atoms with Crippen LogP contribution in [0, 0.1) is 12.8 Å². The van der Waals surface area contributed by atoms with Crippen LogP contribution in [0.25, 0.3) is 0 Å². The van der Waals surface area contributed by atoms with Crippen molar-refractivity contribution >= 4 is 22.4 Å². The van der Waals surface area contributed by atoms with Crippen LogP contribution in [0.1, 0.15) is 35.1 Å². The van der Waals surface area contributed by atoms with Gasteiger partial charge in [-0.05, 0) is 32.6 Å². The summed E-state index contributed by atoms with van der Waals surface area (Å²) in [4.78, 5) is 18.1. The monoisotopic (exact) mass is 284 g/mol. The molecule has 0 radical (unpaired) electrons. The van der Waals surface area contributed by atoms with E-state index in [1.807, 2.05) is 0 Å². The first-order chi connectivity index (χ1) is 9.04. The molecule has 1 aliphatic carbocycles. The van der Waals surface area contributed by atoms with Crippen LogP contribution in [0.4, 0.5) is 5.13 Å². The van der Waals surface area contributed by atoms with E-state index in [-0.39, 0.29) is 0 Å². The quantitative estimate of drug-likeness (QED) is 0.833. The lowest BCUT2D eigenvalue weighted by atomic mass is 10.2. The largest absolute Gasteiger partial charge is 0.477 e. The third kappa shape index (κ3) is 3.25. The number of thiazole rings is 1. The number of methoxy groups -OCH3 is 1. The number of ether oxygens (including phenoxy) is 1. The van der Waals surface area contributed by atoms with E-state index in [0.717, 1.165) is 11.7 Å². The van der Waals surface area contributed by atoms with E-state index in [4.69, 9.17) is 9.84 Å². The van der Waals surface area contributed by atoms with Gasteiger partial charge in [-0.1, -0.05) is 11.3 Å². The third-order valence-electron chi connectivity index (χ3n) is 3.56. The minimum absolute atomic E-state index is 0.334. The molecule has 2 rings (SSSR count). The van der Waals surface area contributed by atoms with Crippen molar-refractivity contribution in [1.82, 2.24) is 4.98 Å². The van der Waals surface area contributed by atoms with Crippen molar-refractivity contribution in [3.05, 3.63) is 10.6 Å². The van der Waals surface area contributed by atoms with E-state index in [2.05, 4.69) is 16.8 Å². The fraction of sp³-hybridized carbons (Fsp3) is 0.692. The summed E-state index contributed by atoms with van der Waals surface area (Å²) < 4.78 is 5.15. The lowest BCUT2D eigenvalue weighted by molar-refractivity contribution is 0.0701. The maximum Gasteiger partial charge on any atom is 0.347 e. The summed E-state index contributed by atoms with van der Waals surface area (Å²) in [5, 5.41) is 9.92. The summed E-state index contributed by atoms with van der Waals surface area (Å²) in [6.45, 7) is 5.31. The molecule has 1 aromatic heterocycles. The molecule has 1 N–H and O–H groups in total. The van der Waals surface area contributed by atoms with Crippen LogP contribution < -0.4 is 4.90 Å². The summed E-state index contributed by atoms with van der Waals surface area (Å²) in [6, 6.07) is 0.391. The Morgan fingerprint density at radius 3 is 2.79 bits per heavy atom. The van der Waals surface area contributed by atoms with E-state index in [0.29, 0.717) is 29.1 Å². The van der Waals surface area contributed by atoms with Crippen molar-refractivity contribution < 1.29 is 14.6 Å². The molecule has 0 saturated heterocycles. The second-order valence-electron chi connectivity index (χ2n) is 4.98. The van der Waals surface area contributed by atoms with Crippen LogP contribution in [-0.2, 0) is 4.74 Å². The van der Waals surface area contributed by atoms with E-state index < -0.39 is 5.97 Å². The number of nitrogens with zero attached hydrogens (tertiary/aromatic N) is 2. The van der Waals surface area contributed by atoms with Crippen LogP contribution in [0.3, 0.4) is 0 Å². The van der Waals surface area contributed by atoms with Crippen LogP contribution in [0.5, 0.6) is 0 Å². The molecular formula is C13H20N2O3S. The molecule has 6 heteroatoms. The van der Waals surface area contributed by atoms with Crippen LogP contribution in [0.15, 0.2) is 0 Å². The number of anilines is 1. The van der Waals surface area contributed by atoms with Gasteiger partial charge >= 0.3 is 5.97 Å². The third-order valence-corrected chi connectivity index (χ3v) is 4.74. The zero-order valence-corrected chi connectivity index (χ0v) is 12.4. The highest BCUT2D eigenvalue weighted by molar-refractivity contribution is 7.17. The Bertz CT molecular complexity index is 457. The summed E-state index contributed by atoms with van der Waals surface area (Å²) in [5.41, 5.74) is 0.595. The van der Waals surface area contributed by atoms with Gasteiger partial charge in [0.15, 0.2) is 5.13 Å². The van der Waals surface area contributed by atoms with Crippen molar-refractivity contribution in [2.45, 2.75) is 32.7 Å². The minimum Gasteiger partial charge on any atom is -0.477 e. The first kappa shape index (κ1) is 14.3. The maximum absolute atomic E-state index is 11.1. The Labute approximate surface area is 117 Å². The van der Waals surface area contributed by atoms with Gasteiger partial charge < -0.3 is 14.7 Å². The molecule has 0 bridgehead atoms. The van der Waals surface area contributed by atoms with Gasteiger partial charge in [0.05, 0.1) is 12.3 Å². The first-order valence-electron chi connectivity index (χ1n) is 6.51. The Morgan fingerprint density at radius 2 is 2.32 bits per heavy atom. The number of hydrogen-bond donors (Lipinski definition) is 1. The van der Waals surface area contributed by atoms with E-state index in [1.165, 1.54) is 24.2 Å². The molecular weight excluding hydrogens is 264 g/mol. The Kier molecular flexibility index (Phi) is 4.42. The predicted octanol–water partition coefficient (Wildman–Crippen LogP) is 2.40. The summed E-state index contributed by atoms with van der Waals surface area (Å²) in [7, 11) is 1.68. The molecule has 1 heterocycles. The topological polar surface area (TPSA) is 62.7 Å². The minimum atomic E-state index is -0.896. The standard InChI is InChI=1S/C13H20N2O3S/c1-8-11(12(16)17)19-13(14-8)15(6-7-18-3)9(2)10-4-5-10/h9-10H,4-7H2,1-3H3,(H,16,17). The fourth-order valence-electron chi connectivity index (χ4n) is 2.20. The van der Waals surface area contributed by atoms with Crippen molar-refractivity contribution in [1.29, 1.82) is 0 Å². The molecule has 106 valence electrons. The molecule has 0 spiro atoms. The lowest BCUT2D eigenvalue weighted by Gasteiger charge is -2.28. The molecule has 5 nitrogen and oxygen atoms in total. The maximum atomic E-state index is 11.1. The Hall–Kier alpha value is -1.14. The van der Waals surface area contributed by atoms with Gasteiger partial charge in [0.25, 0.3) is 0 Å². The first-order valence-corrected chi connectivity index (χ1v) is 7.32. The molecule has 0 aliphatic heterocycles. The average molecular weight is 284 g/mol. The molecule has 19 heavy (non-hydrogen) atoms. The summed E-state index contributed by atoms with van der Waals surface area (Å²) in [6.07, 6.45) is 2.50. The van der Waals surface area contributed by atoms with E-state index in [1.54, 1.807) is 14.0 Å². The zero-order valence-electron chi connectivity index (χ0n) is 11.5. The number of carboxylic acid groups (broad SMARTS) is 1. The van der Waals surface area contributed by atoms with Gasteiger partial charge in [0.1, 0.15) is 4.88 Å². The number of hydrogen-bond acceptors (Lipinski definition) is 5. The predicted molar refractivity (Wildman–Crippen MR) is 75.2 cm³/mol. The number of carbonyl (C=O) groups is 1. The normalized spacial score (nSPS) is 16.4. The molecule has 1 saturated carbocycles. The van der Waals surface area contributed by atoms with Crippen LogP contribution in [0.2, 0.25) is 0 Å². The zero-order chi connectivity index (χ0) is 14.0. The molecule has 0 aromatic carbocycles. The van der Waals surface area contributed by atoms with Crippen molar-refractivity contribution in [3.63, 3.8) is 0 Å². The molecule has 1 aromatic rings. The smallest absolute Gasteiger partial charge is 0.347 e. The molecule has 1 fully saturated rings. The molecule has 1 aliphatic rings. The Morgan fingerprint density at radius 1 is 1.63 bits per heavy atom. The van der Waals surface area contributed by atoms with Crippen molar-refractivity contribution in [3.8, 4) is 0 Å². The van der Waals surface area contributed by atoms with Gasteiger partial charge in [-0.15, -0.1) is 0 Å². The summed E-state index contributed by atoms with van der Waals surface area (Å²) in [5.74, 6) is -0.193. The van der Waals surface area contributed by atoms with Gasteiger partial charge in [-0.3, -0.25) is 0 Å². The molecule has 1 unspecified atom stereocenters. The van der Waals surface area contributed by atoms with Crippen LogP contribution >= 0.6 is 11.3 Å². The van der Waals surface area contributed by atoms with Crippen molar-refractivity contribution in [2.75, 3.05) is 25.2 Å². The molecule has 1 atom stereocenters. The number of rotatable bonds is 7. The highest BCUT2D eigenvalue weighted by atomic mass is 32.1. The number of aromatic carboxylic acids is 1. The van der Waals surface area contributed by atoms with E-state index >= 15 is 0 Å². The highest BCUT2D eigenvalue weighted by Gasteiger charge is 2.33. The van der Waals surface area contributed by atoms with Crippen LogP contribution in [-0.4, -0.2) is 42.4 Å². The average Bonchev–Trinajstić information content (AvgIpc) is 3.13. The highest BCUT2D eigenvalue weighted by Crippen LogP contribution is 2.38. The second-order valence-corrected chi connectivity index (χ2v) is 5.96. The van der Waals surface area contributed by atoms with Crippen molar-refractivity contribution in [2.24, 2.45) is 5.92 Å². The number of aromatic nitrogens is 1. The SMILES string of the molecule is COCCN(c1nc(C)c(C(=O)O)s1)C(C)C1CC1. The van der Waals surface area contributed by atoms with E-state index in [9.17, 15) is 4.79 Å². The van der Waals surface area contributed by atoms with Gasteiger partial charge in [0, 0.05) is 19.7 Å². The van der Waals surface area contributed by atoms with Gasteiger partial charge in [0.2, 0.25) is 0 Å².